The number of carbonyl (C=O) groups excluding carboxylic acids is 1. The van der Waals surface area contributed by atoms with Crippen molar-refractivity contribution >= 4 is 60.1 Å². The van der Waals surface area contributed by atoms with Crippen LogP contribution in [-0.2, 0) is 24.7 Å². The van der Waals surface area contributed by atoms with Gasteiger partial charge in [0, 0.05) is 11.6 Å². The van der Waals surface area contributed by atoms with E-state index in [9.17, 15) is 21.6 Å². The van der Waals surface area contributed by atoms with E-state index in [0.29, 0.717) is 32.7 Å². The SMILES string of the molecule is NS(=O)(=O)c1ccc(-c2ccc(/C=C3/SC(=S)N([C@@H]4CCS(=O)(=O)C4)C3=O)o2)cc1. The molecule has 0 unspecified atom stereocenters. The van der Waals surface area contributed by atoms with Gasteiger partial charge in [-0.2, -0.15) is 0 Å². The lowest BCUT2D eigenvalue weighted by atomic mass is 10.2. The molecule has 0 aliphatic carbocycles. The molecule has 2 aliphatic heterocycles. The van der Waals surface area contributed by atoms with Gasteiger partial charge in [-0.15, -0.1) is 0 Å². The van der Waals surface area contributed by atoms with Crippen LogP contribution in [0.1, 0.15) is 12.2 Å². The van der Waals surface area contributed by atoms with Crippen molar-refractivity contribution in [2.24, 2.45) is 5.14 Å². The number of primary sulfonamides is 1. The summed E-state index contributed by atoms with van der Waals surface area (Å²) in [6.45, 7) is 0. The Hall–Kier alpha value is -1.99. The molecule has 2 aliphatic rings. The van der Waals surface area contributed by atoms with Crippen LogP contribution in [0.25, 0.3) is 17.4 Å². The molecule has 0 saturated carbocycles. The van der Waals surface area contributed by atoms with E-state index in [1.807, 2.05) is 0 Å². The quantitative estimate of drug-likeness (QED) is 0.515. The highest BCUT2D eigenvalue weighted by Gasteiger charge is 2.42. The van der Waals surface area contributed by atoms with E-state index in [-0.39, 0.29) is 22.3 Å². The second-order valence-corrected chi connectivity index (χ2v) is 12.3. The first-order valence-corrected chi connectivity index (χ1v) is 13.3. The highest BCUT2D eigenvalue weighted by molar-refractivity contribution is 8.26. The van der Waals surface area contributed by atoms with Crippen LogP contribution in [0.3, 0.4) is 0 Å². The molecule has 1 aromatic heterocycles. The van der Waals surface area contributed by atoms with Crippen molar-refractivity contribution in [3.63, 3.8) is 0 Å². The summed E-state index contributed by atoms with van der Waals surface area (Å²) in [6, 6.07) is 8.85. The Morgan fingerprint density at radius 2 is 1.90 bits per heavy atom. The third kappa shape index (κ3) is 4.23. The third-order valence-corrected chi connectivity index (χ3v) is 8.77. The lowest BCUT2D eigenvalue weighted by Crippen LogP contribution is -2.39. The van der Waals surface area contributed by atoms with E-state index in [1.165, 1.54) is 17.0 Å². The van der Waals surface area contributed by atoms with Crippen LogP contribution in [0.5, 0.6) is 0 Å². The van der Waals surface area contributed by atoms with Crippen molar-refractivity contribution < 1.29 is 26.0 Å². The Balaban J connectivity index is 1.54. The number of rotatable bonds is 4. The molecule has 0 radical (unpaired) electrons. The molecule has 4 rings (SSSR count). The van der Waals surface area contributed by atoms with Crippen LogP contribution in [0.15, 0.2) is 50.6 Å². The predicted octanol–water partition coefficient (Wildman–Crippen LogP) is 1.98. The molecule has 1 amide bonds. The molecule has 2 saturated heterocycles. The van der Waals surface area contributed by atoms with Crippen molar-refractivity contribution in [2.45, 2.75) is 17.4 Å². The van der Waals surface area contributed by atoms with Crippen LogP contribution < -0.4 is 5.14 Å². The summed E-state index contributed by atoms with van der Waals surface area (Å²) in [5.41, 5.74) is 0.644. The molecule has 0 bridgehead atoms. The van der Waals surface area contributed by atoms with E-state index < -0.39 is 25.9 Å². The average Bonchev–Trinajstić information content (AvgIpc) is 3.33. The number of thioether (sulfide) groups is 1. The maximum Gasteiger partial charge on any atom is 0.266 e. The van der Waals surface area contributed by atoms with Gasteiger partial charge in [-0.05, 0) is 42.8 Å². The number of carbonyl (C=O) groups is 1. The summed E-state index contributed by atoms with van der Waals surface area (Å²) in [5, 5.41) is 5.10. The molecule has 0 spiro atoms. The number of nitrogens with two attached hydrogens (primary N) is 1. The Labute approximate surface area is 183 Å². The highest BCUT2D eigenvalue weighted by atomic mass is 32.2. The maximum atomic E-state index is 12.8. The zero-order chi connectivity index (χ0) is 21.7. The Morgan fingerprint density at radius 1 is 1.20 bits per heavy atom. The topological polar surface area (TPSA) is 128 Å². The van der Waals surface area contributed by atoms with Gasteiger partial charge in [0.15, 0.2) is 9.84 Å². The summed E-state index contributed by atoms with van der Waals surface area (Å²) in [4.78, 5) is 14.5. The molecule has 1 atom stereocenters. The number of amides is 1. The van der Waals surface area contributed by atoms with Gasteiger partial charge in [0.1, 0.15) is 15.8 Å². The number of hydrogen-bond acceptors (Lipinski definition) is 8. The molecule has 3 heterocycles. The first-order chi connectivity index (χ1) is 14.0. The summed E-state index contributed by atoms with van der Waals surface area (Å²) in [5.74, 6) is 0.549. The van der Waals surface area contributed by atoms with Gasteiger partial charge in [-0.3, -0.25) is 9.69 Å². The summed E-state index contributed by atoms with van der Waals surface area (Å²) in [6.07, 6.45) is 1.94. The zero-order valence-corrected chi connectivity index (χ0v) is 18.6. The molecular formula is C18H16N2O6S4. The molecule has 2 N–H and O–H groups in total. The number of nitrogens with zero attached hydrogens (tertiary/aromatic N) is 1. The number of benzene rings is 1. The van der Waals surface area contributed by atoms with E-state index in [1.54, 1.807) is 30.3 Å². The molecule has 1 aromatic carbocycles. The Bertz CT molecular complexity index is 1280. The summed E-state index contributed by atoms with van der Waals surface area (Å²) >= 11 is 6.40. The average molecular weight is 485 g/mol. The van der Waals surface area contributed by atoms with Gasteiger partial charge in [-0.25, -0.2) is 22.0 Å². The van der Waals surface area contributed by atoms with Crippen LogP contribution in [-0.4, -0.2) is 49.5 Å². The van der Waals surface area contributed by atoms with Gasteiger partial charge in [-0.1, -0.05) is 24.0 Å². The molecule has 12 heteroatoms. The second kappa shape index (κ2) is 7.61. The monoisotopic (exact) mass is 484 g/mol. The van der Waals surface area contributed by atoms with Crippen LogP contribution >= 0.6 is 24.0 Å². The van der Waals surface area contributed by atoms with Gasteiger partial charge in [0.25, 0.3) is 5.91 Å². The number of thiocarbonyl (C=S) groups is 1. The van der Waals surface area contributed by atoms with Crippen LogP contribution in [0.2, 0.25) is 0 Å². The lowest BCUT2D eigenvalue weighted by molar-refractivity contribution is -0.123. The second-order valence-electron chi connectivity index (χ2n) is 6.88. The predicted molar refractivity (Wildman–Crippen MR) is 118 cm³/mol. The van der Waals surface area contributed by atoms with E-state index in [2.05, 4.69) is 0 Å². The zero-order valence-electron chi connectivity index (χ0n) is 15.3. The fourth-order valence-corrected chi connectivity index (χ4v) is 6.89. The molecule has 2 aromatic rings. The molecule has 2 fully saturated rings. The molecular weight excluding hydrogens is 468 g/mol. The van der Waals surface area contributed by atoms with Crippen LogP contribution in [0.4, 0.5) is 0 Å². The number of sulfone groups is 1. The van der Waals surface area contributed by atoms with Crippen LogP contribution in [0, 0.1) is 0 Å². The highest BCUT2D eigenvalue weighted by Crippen LogP contribution is 2.37. The first kappa shape index (κ1) is 21.2. The minimum absolute atomic E-state index is 0.00405. The van der Waals surface area contributed by atoms with Gasteiger partial charge < -0.3 is 4.42 Å². The summed E-state index contributed by atoms with van der Waals surface area (Å²) < 4.78 is 52.3. The number of sulfonamides is 1. The third-order valence-electron chi connectivity index (χ3n) is 4.76. The number of hydrogen-bond donors (Lipinski definition) is 1. The van der Waals surface area contributed by atoms with E-state index in [0.717, 1.165) is 11.8 Å². The van der Waals surface area contributed by atoms with Crippen molar-refractivity contribution in [1.82, 2.24) is 4.90 Å². The maximum absolute atomic E-state index is 12.8. The van der Waals surface area contributed by atoms with E-state index >= 15 is 0 Å². The van der Waals surface area contributed by atoms with Crippen molar-refractivity contribution in [1.29, 1.82) is 0 Å². The number of furan rings is 1. The fraction of sp³-hybridized carbons (Fsp3) is 0.222. The molecule has 30 heavy (non-hydrogen) atoms. The van der Waals surface area contributed by atoms with Crippen molar-refractivity contribution in [3.8, 4) is 11.3 Å². The molecule has 8 nitrogen and oxygen atoms in total. The normalized spacial score (nSPS) is 22.9. The molecule has 158 valence electrons. The van der Waals surface area contributed by atoms with Gasteiger partial charge in [0.05, 0.1) is 27.3 Å². The summed E-state index contributed by atoms with van der Waals surface area (Å²) in [7, 11) is -6.92. The first-order valence-electron chi connectivity index (χ1n) is 8.74. The largest absolute Gasteiger partial charge is 0.457 e. The fourth-order valence-electron chi connectivity index (χ4n) is 3.30. The van der Waals surface area contributed by atoms with Gasteiger partial charge >= 0.3 is 0 Å². The minimum atomic E-state index is -3.78. The smallest absolute Gasteiger partial charge is 0.266 e. The standard InChI is InChI=1S/C18H16N2O6S4/c19-30(24,25)14-4-1-11(2-5-14)15-6-3-13(26-15)9-16-17(21)20(18(27)28-16)12-7-8-29(22,23)10-12/h1-6,9,12H,7-8,10H2,(H2,19,24,25)/b16-9+/t12-/m1/s1. The van der Waals surface area contributed by atoms with Gasteiger partial charge in [0.2, 0.25) is 10.0 Å². The Morgan fingerprint density at radius 3 is 2.50 bits per heavy atom. The Kier molecular flexibility index (Phi) is 5.39. The van der Waals surface area contributed by atoms with Crippen molar-refractivity contribution in [2.75, 3.05) is 11.5 Å². The lowest BCUT2D eigenvalue weighted by Gasteiger charge is -2.20. The minimum Gasteiger partial charge on any atom is -0.457 e. The van der Waals surface area contributed by atoms with E-state index in [4.69, 9.17) is 21.8 Å². The van der Waals surface area contributed by atoms with Crippen molar-refractivity contribution in [3.05, 3.63) is 47.1 Å².